The van der Waals surface area contributed by atoms with E-state index >= 15 is 0 Å². The van der Waals surface area contributed by atoms with Crippen molar-refractivity contribution >= 4 is 17.4 Å². The molecule has 0 spiro atoms. The van der Waals surface area contributed by atoms with E-state index in [1.807, 2.05) is 55.8 Å². The zero-order valence-electron chi connectivity index (χ0n) is 23.7. The van der Waals surface area contributed by atoms with E-state index in [9.17, 15) is 4.79 Å². The molecule has 39 heavy (non-hydrogen) atoms. The van der Waals surface area contributed by atoms with E-state index in [1.165, 1.54) is 25.9 Å². The first-order chi connectivity index (χ1) is 18.8. The van der Waals surface area contributed by atoms with Gasteiger partial charge in [0.2, 0.25) is 0 Å². The van der Waals surface area contributed by atoms with Crippen molar-refractivity contribution in [3.8, 4) is 22.8 Å². The molecule has 0 bridgehead atoms. The van der Waals surface area contributed by atoms with Crippen LogP contribution in [0, 0.1) is 0 Å². The Hall–Kier alpha value is -3.46. The number of carbonyl (C=O) groups excluding carboxylic acids is 1. The SMILES string of the molecule is COc1ccc(-c2cn3ccc(N4CCN(C(=O)OC(C)(C)C)CC4)cc3n2)c(OCCCN2CCCC2)c1. The number of pyridine rings is 1. The average molecular weight is 536 g/mol. The molecule has 2 aliphatic heterocycles. The average Bonchev–Trinajstić information content (AvgIpc) is 3.59. The zero-order valence-corrected chi connectivity index (χ0v) is 23.7. The van der Waals surface area contributed by atoms with Crippen LogP contribution in [0.4, 0.5) is 10.5 Å². The molecule has 5 rings (SSSR count). The van der Waals surface area contributed by atoms with Crippen molar-refractivity contribution in [2.45, 2.75) is 45.6 Å². The number of likely N-dealkylation sites (tertiary alicyclic amines) is 1. The molecule has 0 aliphatic carbocycles. The standard InChI is InChI=1S/C30H41N5O4/c1-30(2,3)39-29(36)34-17-15-33(16-18-34)23-10-14-35-22-26(31-28(35)20-23)25-9-8-24(37-4)21-27(25)38-19-7-13-32-11-5-6-12-32/h8-10,14,20-22H,5-7,11-13,15-19H2,1-4H3. The first-order valence-corrected chi connectivity index (χ1v) is 14.0. The number of nitrogens with zero attached hydrogens (tertiary/aromatic N) is 5. The molecular formula is C30H41N5O4. The largest absolute Gasteiger partial charge is 0.497 e. The van der Waals surface area contributed by atoms with Crippen LogP contribution in [0.15, 0.2) is 42.7 Å². The van der Waals surface area contributed by atoms with Crippen molar-refractivity contribution in [2.24, 2.45) is 0 Å². The summed E-state index contributed by atoms with van der Waals surface area (Å²) in [7, 11) is 1.67. The summed E-state index contributed by atoms with van der Waals surface area (Å²) in [5.74, 6) is 1.56. The van der Waals surface area contributed by atoms with Crippen LogP contribution in [0.2, 0.25) is 0 Å². The van der Waals surface area contributed by atoms with Gasteiger partial charge in [0.1, 0.15) is 22.7 Å². The lowest BCUT2D eigenvalue weighted by atomic mass is 10.1. The van der Waals surface area contributed by atoms with Gasteiger partial charge in [-0.05, 0) is 71.3 Å². The van der Waals surface area contributed by atoms with Crippen LogP contribution in [0.3, 0.4) is 0 Å². The minimum atomic E-state index is -0.486. The van der Waals surface area contributed by atoms with Gasteiger partial charge in [-0.2, -0.15) is 0 Å². The Morgan fingerprint density at radius 1 is 1.00 bits per heavy atom. The molecule has 4 heterocycles. The number of hydrogen-bond acceptors (Lipinski definition) is 7. The summed E-state index contributed by atoms with van der Waals surface area (Å²) in [6.07, 6.45) is 7.44. The lowest BCUT2D eigenvalue weighted by Gasteiger charge is -2.36. The highest BCUT2D eigenvalue weighted by Crippen LogP contribution is 2.34. The molecule has 0 saturated carbocycles. The Bertz CT molecular complexity index is 1270. The zero-order chi connectivity index (χ0) is 27.4. The summed E-state index contributed by atoms with van der Waals surface area (Å²) < 4.78 is 19.3. The monoisotopic (exact) mass is 535 g/mol. The van der Waals surface area contributed by atoms with E-state index in [0.717, 1.165) is 60.1 Å². The number of aromatic nitrogens is 2. The third kappa shape index (κ3) is 6.76. The van der Waals surface area contributed by atoms with Gasteiger partial charge in [0.25, 0.3) is 0 Å². The highest BCUT2D eigenvalue weighted by molar-refractivity contribution is 5.72. The first kappa shape index (κ1) is 27.1. The Labute approximate surface area is 231 Å². The number of carbonyl (C=O) groups is 1. The number of piperazine rings is 1. The predicted molar refractivity (Wildman–Crippen MR) is 153 cm³/mol. The van der Waals surface area contributed by atoms with Crippen LogP contribution in [-0.2, 0) is 4.74 Å². The minimum Gasteiger partial charge on any atom is -0.497 e. The van der Waals surface area contributed by atoms with E-state index in [0.29, 0.717) is 19.7 Å². The van der Waals surface area contributed by atoms with Gasteiger partial charge in [-0.25, -0.2) is 9.78 Å². The van der Waals surface area contributed by atoms with Crippen LogP contribution in [0.1, 0.15) is 40.0 Å². The molecule has 210 valence electrons. The highest BCUT2D eigenvalue weighted by atomic mass is 16.6. The Kier molecular flexibility index (Phi) is 8.16. The van der Waals surface area contributed by atoms with E-state index in [4.69, 9.17) is 19.2 Å². The van der Waals surface area contributed by atoms with Crippen LogP contribution >= 0.6 is 0 Å². The molecule has 0 radical (unpaired) electrons. The summed E-state index contributed by atoms with van der Waals surface area (Å²) in [5.41, 5.74) is 3.29. The molecule has 2 fully saturated rings. The van der Waals surface area contributed by atoms with E-state index < -0.39 is 5.60 Å². The summed E-state index contributed by atoms with van der Waals surface area (Å²) in [4.78, 5) is 24.0. The van der Waals surface area contributed by atoms with Crippen LogP contribution < -0.4 is 14.4 Å². The van der Waals surface area contributed by atoms with E-state index in [-0.39, 0.29) is 6.09 Å². The van der Waals surface area contributed by atoms with Crippen molar-refractivity contribution in [2.75, 3.05) is 64.4 Å². The van der Waals surface area contributed by atoms with Gasteiger partial charge in [-0.3, -0.25) is 0 Å². The molecule has 9 nitrogen and oxygen atoms in total. The van der Waals surface area contributed by atoms with Crippen molar-refractivity contribution in [1.82, 2.24) is 19.2 Å². The summed E-state index contributed by atoms with van der Waals surface area (Å²) in [6.45, 7) is 12.6. The highest BCUT2D eigenvalue weighted by Gasteiger charge is 2.26. The smallest absolute Gasteiger partial charge is 0.410 e. The number of anilines is 1. The van der Waals surface area contributed by atoms with Gasteiger partial charge in [-0.15, -0.1) is 0 Å². The predicted octanol–water partition coefficient (Wildman–Crippen LogP) is 4.93. The van der Waals surface area contributed by atoms with Gasteiger partial charge < -0.3 is 33.3 Å². The molecular weight excluding hydrogens is 494 g/mol. The second-order valence-corrected chi connectivity index (χ2v) is 11.3. The van der Waals surface area contributed by atoms with Crippen molar-refractivity contribution < 1.29 is 19.0 Å². The first-order valence-electron chi connectivity index (χ1n) is 14.0. The number of hydrogen-bond donors (Lipinski definition) is 0. The maximum Gasteiger partial charge on any atom is 0.410 e. The van der Waals surface area contributed by atoms with Gasteiger partial charge in [0.05, 0.1) is 19.4 Å². The molecule has 2 aliphatic rings. The second-order valence-electron chi connectivity index (χ2n) is 11.3. The number of imidazole rings is 1. The van der Waals surface area contributed by atoms with Crippen LogP contribution in [0.25, 0.3) is 16.9 Å². The molecule has 1 aromatic carbocycles. The number of benzene rings is 1. The number of amides is 1. The number of rotatable bonds is 8. The summed E-state index contributed by atoms with van der Waals surface area (Å²) in [6, 6.07) is 10.1. The maximum atomic E-state index is 12.4. The summed E-state index contributed by atoms with van der Waals surface area (Å²) in [5, 5.41) is 0. The van der Waals surface area contributed by atoms with Crippen molar-refractivity contribution in [1.29, 1.82) is 0 Å². The van der Waals surface area contributed by atoms with Crippen LogP contribution in [0.5, 0.6) is 11.5 Å². The lowest BCUT2D eigenvalue weighted by molar-refractivity contribution is 0.0240. The fourth-order valence-corrected chi connectivity index (χ4v) is 5.21. The quantitative estimate of drug-likeness (QED) is 0.379. The number of fused-ring (bicyclic) bond motifs is 1. The summed E-state index contributed by atoms with van der Waals surface area (Å²) >= 11 is 0. The normalized spacial score (nSPS) is 16.6. The molecule has 1 amide bonds. The molecule has 3 aromatic rings. The molecule has 0 atom stereocenters. The number of methoxy groups -OCH3 is 1. The fraction of sp³-hybridized carbons (Fsp3) is 0.533. The van der Waals surface area contributed by atoms with Gasteiger partial charge >= 0.3 is 6.09 Å². The van der Waals surface area contributed by atoms with Crippen molar-refractivity contribution in [3.63, 3.8) is 0 Å². The third-order valence-corrected chi connectivity index (χ3v) is 7.28. The van der Waals surface area contributed by atoms with E-state index in [1.54, 1.807) is 12.0 Å². The molecule has 0 N–H and O–H groups in total. The minimum absolute atomic E-state index is 0.246. The molecule has 2 saturated heterocycles. The molecule has 0 unspecified atom stereocenters. The van der Waals surface area contributed by atoms with Crippen molar-refractivity contribution in [3.05, 3.63) is 42.7 Å². The third-order valence-electron chi connectivity index (χ3n) is 7.28. The van der Waals surface area contributed by atoms with Gasteiger partial charge in [-0.1, -0.05) is 0 Å². The Balaban J connectivity index is 1.27. The lowest BCUT2D eigenvalue weighted by Crippen LogP contribution is -2.50. The topological polar surface area (TPSA) is 71.8 Å². The molecule has 9 heteroatoms. The number of ether oxygens (including phenoxy) is 3. The van der Waals surface area contributed by atoms with Crippen LogP contribution in [-0.4, -0.2) is 90.4 Å². The molecule has 2 aromatic heterocycles. The second kappa shape index (κ2) is 11.7. The van der Waals surface area contributed by atoms with Gasteiger partial charge in [0, 0.05) is 68.5 Å². The Morgan fingerprint density at radius 2 is 1.77 bits per heavy atom. The fourth-order valence-electron chi connectivity index (χ4n) is 5.21. The van der Waals surface area contributed by atoms with Gasteiger partial charge in [0.15, 0.2) is 0 Å². The maximum absolute atomic E-state index is 12.4. The Morgan fingerprint density at radius 3 is 2.49 bits per heavy atom. The van der Waals surface area contributed by atoms with E-state index in [2.05, 4.69) is 21.9 Å².